The number of thiocarbonyl (C=S) groups is 1. The van der Waals surface area contributed by atoms with E-state index in [0.717, 1.165) is 17.5 Å². The van der Waals surface area contributed by atoms with Gasteiger partial charge >= 0.3 is 0 Å². The van der Waals surface area contributed by atoms with Crippen LogP contribution in [0.3, 0.4) is 0 Å². The van der Waals surface area contributed by atoms with Crippen LogP contribution in [0.5, 0.6) is 0 Å². The molecule has 0 atom stereocenters. The van der Waals surface area contributed by atoms with Gasteiger partial charge in [0, 0.05) is 0 Å². The molecule has 0 aliphatic heterocycles. The number of hydrogen-bond donors (Lipinski definition) is 0. The molecule has 1 saturated carbocycles. The SMILES string of the molecule is C=CCCCCCCCC1CCC(c2ccc(N=C=S)cc2)CC1. The second-order valence-electron chi connectivity index (χ2n) is 7.15. The largest absolute Gasteiger partial charge is 0.195 e. The molecule has 24 heavy (non-hydrogen) atoms. The van der Waals surface area contributed by atoms with Crippen LogP contribution in [0.25, 0.3) is 0 Å². The first-order chi connectivity index (χ1) is 11.8. The number of nitrogens with zero attached hydrogens (tertiary/aromatic N) is 1. The van der Waals surface area contributed by atoms with E-state index >= 15 is 0 Å². The molecule has 1 aromatic carbocycles. The van der Waals surface area contributed by atoms with Crippen molar-refractivity contribution in [2.24, 2.45) is 10.9 Å². The molecule has 0 unspecified atom stereocenters. The molecule has 1 aliphatic carbocycles. The van der Waals surface area contributed by atoms with E-state index in [1.54, 1.807) is 0 Å². The molecule has 0 amide bonds. The Hall–Kier alpha value is -1.24. The van der Waals surface area contributed by atoms with Crippen molar-refractivity contribution in [1.82, 2.24) is 0 Å². The summed E-state index contributed by atoms with van der Waals surface area (Å²) >= 11 is 4.65. The van der Waals surface area contributed by atoms with E-state index in [0.29, 0.717) is 0 Å². The number of aliphatic imine (C=N–C) groups is 1. The Morgan fingerprint density at radius 2 is 1.67 bits per heavy atom. The predicted molar refractivity (Wildman–Crippen MR) is 108 cm³/mol. The topological polar surface area (TPSA) is 12.4 Å². The van der Waals surface area contributed by atoms with Crippen LogP contribution >= 0.6 is 12.2 Å². The van der Waals surface area contributed by atoms with Crippen molar-refractivity contribution in [2.75, 3.05) is 0 Å². The highest BCUT2D eigenvalue weighted by molar-refractivity contribution is 7.78. The summed E-state index contributed by atoms with van der Waals surface area (Å²) < 4.78 is 0. The normalized spacial score (nSPS) is 20.3. The molecular formula is C22H31NS. The van der Waals surface area contributed by atoms with Gasteiger partial charge in [0.05, 0.1) is 10.8 Å². The maximum absolute atomic E-state index is 4.65. The summed E-state index contributed by atoms with van der Waals surface area (Å²) in [6.45, 7) is 3.78. The number of rotatable bonds is 10. The van der Waals surface area contributed by atoms with Crippen LogP contribution in [0.1, 0.15) is 82.1 Å². The third kappa shape index (κ3) is 6.71. The number of unbranched alkanes of at least 4 members (excludes halogenated alkanes) is 5. The van der Waals surface area contributed by atoms with Crippen LogP contribution in [-0.4, -0.2) is 5.16 Å². The van der Waals surface area contributed by atoms with Crippen molar-refractivity contribution >= 4 is 23.1 Å². The van der Waals surface area contributed by atoms with Crippen LogP contribution in [-0.2, 0) is 0 Å². The van der Waals surface area contributed by atoms with Gasteiger partial charge in [-0.1, -0.05) is 50.3 Å². The fourth-order valence-electron chi connectivity index (χ4n) is 3.91. The van der Waals surface area contributed by atoms with E-state index in [2.05, 4.69) is 53.2 Å². The zero-order chi connectivity index (χ0) is 17.0. The van der Waals surface area contributed by atoms with E-state index < -0.39 is 0 Å². The van der Waals surface area contributed by atoms with E-state index in [-0.39, 0.29) is 0 Å². The summed E-state index contributed by atoms with van der Waals surface area (Å²) in [5.41, 5.74) is 2.38. The second kappa shape index (κ2) is 11.3. The summed E-state index contributed by atoms with van der Waals surface area (Å²) in [6.07, 6.45) is 17.1. The molecule has 1 aromatic rings. The third-order valence-electron chi connectivity index (χ3n) is 5.41. The van der Waals surface area contributed by atoms with E-state index in [1.807, 2.05) is 6.08 Å². The highest BCUT2D eigenvalue weighted by Gasteiger charge is 2.21. The minimum Gasteiger partial charge on any atom is -0.195 e. The predicted octanol–water partition coefficient (Wildman–Crippen LogP) is 7.61. The zero-order valence-corrected chi connectivity index (χ0v) is 15.7. The molecule has 1 nitrogen and oxygen atoms in total. The van der Waals surface area contributed by atoms with Gasteiger partial charge in [-0.2, -0.15) is 4.99 Å². The lowest BCUT2D eigenvalue weighted by atomic mass is 9.77. The van der Waals surface area contributed by atoms with Gasteiger partial charge in [0.2, 0.25) is 0 Å². The van der Waals surface area contributed by atoms with Crippen LogP contribution in [0, 0.1) is 5.92 Å². The van der Waals surface area contributed by atoms with E-state index in [1.165, 1.54) is 76.2 Å². The molecular weight excluding hydrogens is 310 g/mol. The first-order valence-electron chi connectivity index (χ1n) is 9.62. The number of benzene rings is 1. The van der Waals surface area contributed by atoms with Gasteiger partial charge in [0.1, 0.15) is 0 Å². The second-order valence-corrected chi connectivity index (χ2v) is 7.33. The highest BCUT2D eigenvalue weighted by Crippen LogP contribution is 2.38. The number of hydrogen-bond acceptors (Lipinski definition) is 2. The Morgan fingerprint density at radius 3 is 2.33 bits per heavy atom. The van der Waals surface area contributed by atoms with Gasteiger partial charge in [-0.15, -0.1) is 6.58 Å². The van der Waals surface area contributed by atoms with Crippen LogP contribution in [0.2, 0.25) is 0 Å². The number of isothiocyanates is 1. The summed E-state index contributed by atoms with van der Waals surface area (Å²) in [5.74, 6) is 1.71. The zero-order valence-electron chi connectivity index (χ0n) is 14.9. The first-order valence-corrected chi connectivity index (χ1v) is 10.0. The maximum Gasteiger partial charge on any atom is 0.0739 e. The molecule has 2 heteroatoms. The molecule has 0 bridgehead atoms. The Kier molecular flexibility index (Phi) is 9.02. The molecule has 130 valence electrons. The summed E-state index contributed by atoms with van der Waals surface area (Å²) in [7, 11) is 0. The Labute approximate surface area is 153 Å². The maximum atomic E-state index is 4.65. The average molecular weight is 342 g/mol. The lowest BCUT2D eigenvalue weighted by Gasteiger charge is -2.29. The summed E-state index contributed by atoms with van der Waals surface area (Å²) in [4.78, 5) is 4.03. The Bertz CT molecular complexity index is 519. The fraction of sp³-hybridized carbons (Fsp3) is 0.591. The van der Waals surface area contributed by atoms with Gasteiger partial charge in [-0.05, 0) is 80.3 Å². The lowest BCUT2D eigenvalue weighted by molar-refractivity contribution is 0.302. The van der Waals surface area contributed by atoms with Gasteiger partial charge in [0.15, 0.2) is 0 Å². The lowest BCUT2D eigenvalue weighted by Crippen LogP contribution is -2.13. The van der Waals surface area contributed by atoms with E-state index in [4.69, 9.17) is 0 Å². The van der Waals surface area contributed by atoms with Gasteiger partial charge < -0.3 is 0 Å². The molecule has 0 heterocycles. The number of allylic oxidation sites excluding steroid dienone is 1. The standard InChI is InChI=1S/C22H31NS/c1-2-3-4-5-6-7-8-9-19-10-12-20(13-11-19)21-14-16-22(17-15-21)23-18-24/h2,14-17,19-20H,1,3-13H2. The van der Waals surface area contributed by atoms with Crippen molar-refractivity contribution in [1.29, 1.82) is 0 Å². The first kappa shape index (κ1) is 19.1. The monoisotopic (exact) mass is 341 g/mol. The summed E-state index contributed by atoms with van der Waals surface area (Å²) in [6, 6.07) is 8.57. The van der Waals surface area contributed by atoms with Gasteiger partial charge in [0.25, 0.3) is 0 Å². The third-order valence-corrected chi connectivity index (χ3v) is 5.50. The molecule has 1 aliphatic rings. The average Bonchev–Trinajstić information content (AvgIpc) is 2.62. The summed E-state index contributed by atoms with van der Waals surface area (Å²) in [5, 5.41) is 2.43. The van der Waals surface area contributed by atoms with Gasteiger partial charge in [-0.25, -0.2) is 0 Å². The molecule has 0 aromatic heterocycles. The molecule has 0 spiro atoms. The quantitative estimate of drug-likeness (QED) is 0.184. The van der Waals surface area contributed by atoms with Crippen molar-refractivity contribution in [3.63, 3.8) is 0 Å². The Balaban J connectivity index is 1.62. The fourth-order valence-corrected chi connectivity index (χ4v) is 4.02. The molecule has 0 saturated heterocycles. The highest BCUT2D eigenvalue weighted by atomic mass is 32.1. The van der Waals surface area contributed by atoms with Gasteiger partial charge in [-0.3, -0.25) is 0 Å². The molecule has 0 radical (unpaired) electrons. The Morgan fingerprint density at radius 1 is 1.00 bits per heavy atom. The molecule has 0 N–H and O–H groups in total. The van der Waals surface area contributed by atoms with E-state index in [9.17, 15) is 0 Å². The van der Waals surface area contributed by atoms with Crippen molar-refractivity contribution in [2.45, 2.75) is 76.5 Å². The van der Waals surface area contributed by atoms with Crippen LogP contribution in [0.4, 0.5) is 5.69 Å². The minimum atomic E-state index is 0.741. The van der Waals surface area contributed by atoms with Crippen molar-refractivity contribution in [3.05, 3.63) is 42.5 Å². The van der Waals surface area contributed by atoms with Crippen LogP contribution in [0.15, 0.2) is 41.9 Å². The smallest absolute Gasteiger partial charge is 0.0739 e. The molecule has 2 rings (SSSR count). The van der Waals surface area contributed by atoms with Crippen molar-refractivity contribution < 1.29 is 0 Å². The minimum absolute atomic E-state index is 0.741. The van der Waals surface area contributed by atoms with Crippen molar-refractivity contribution in [3.8, 4) is 0 Å². The van der Waals surface area contributed by atoms with Crippen LogP contribution < -0.4 is 0 Å². The molecule has 1 fully saturated rings.